The Balaban J connectivity index is 1.78. The van der Waals surface area contributed by atoms with Crippen molar-refractivity contribution in [2.75, 3.05) is 42.8 Å². The van der Waals surface area contributed by atoms with Crippen LogP contribution in [0.15, 0.2) is 71.6 Å². The van der Waals surface area contributed by atoms with Crippen molar-refractivity contribution in [3.8, 4) is 11.5 Å². The first kappa shape index (κ1) is 26.0. The second-order valence-electron chi connectivity index (χ2n) is 8.98. The minimum atomic E-state index is -4.02. The van der Waals surface area contributed by atoms with Crippen LogP contribution in [0.5, 0.6) is 11.5 Å². The zero-order valence-electron chi connectivity index (χ0n) is 21.5. The highest BCUT2D eigenvalue weighted by atomic mass is 32.2. The first-order valence-corrected chi connectivity index (χ1v) is 13.3. The molecule has 2 N–H and O–H groups in total. The number of rotatable bonds is 10. The maximum absolute atomic E-state index is 13.7. The fourth-order valence-corrected chi connectivity index (χ4v) is 5.27. The highest BCUT2D eigenvalue weighted by Gasteiger charge is 2.24. The van der Waals surface area contributed by atoms with Gasteiger partial charge in [0.1, 0.15) is 16.4 Å². The van der Waals surface area contributed by atoms with E-state index in [1.165, 1.54) is 0 Å². The Morgan fingerprint density at radius 3 is 2.03 bits per heavy atom. The first-order valence-electron chi connectivity index (χ1n) is 11.8. The topological polar surface area (TPSA) is 106 Å². The van der Waals surface area contributed by atoms with E-state index in [1.54, 1.807) is 56.7 Å². The Morgan fingerprint density at radius 1 is 0.865 bits per heavy atom. The summed E-state index contributed by atoms with van der Waals surface area (Å²) in [5.41, 5.74) is 2.36. The predicted molar refractivity (Wildman–Crippen MR) is 148 cm³/mol. The number of methoxy groups -OCH3 is 2. The number of para-hydroxylation sites is 3. The number of hydrogen-bond donors (Lipinski definition) is 2. The van der Waals surface area contributed by atoms with E-state index in [1.807, 2.05) is 36.2 Å². The molecule has 0 spiro atoms. The Bertz CT molecular complexity index is 1490. The minimum absolute atomic E-state index is 0.0711. The molecule has 10 heteroatoms. The monoisotopic (exact) mass is 521 g/mol. The molecule has 0 unspecified atom stereocenters. The summed E-state index contributed by atoms with van der Waals surface area (Å²) in [5, 5.41) is 3.18. The van der Waals surface area contributed by atoms with Gasteiger partial charge >= 0.3 is 0 Å². The van der Waals surface area contributed by atoms with Gasteiger partial charge in [-0.15, -0.1) is 0 Å². The summed E-state index contributed by atoms with van der Waals surface area (Å²) in [5.74, 6) is 1.81. The Morgan fingerprint density at radius 2 is 1.43 bits per heavy atom. The molecule has 0 saturated carbocycles. The first-order chi connectivity index (χ1) is 17.7. The number of nitrogens with zero attached hydrogens (tertiary/aromatic N) is 3. The average molecular weight is 522 g/mol. The zero-order valence-corrected chi connectivity index (χ0v) is 22.3. The number of benzene rings is 3. The molecule has 4 rings (SSSR count). The maximum Gasteiger partial charge on any atom is 0.265 e. The van der Waals surface area contributed by atoms with Gasteiger partial charge in [0.15, 0.2) is 11.6 Å². The fraction of sp³-hybridized carbons (Fsp3) is 0.259. The van der Waals surface area contributed by atoms with Crippen molar-refractivity contribution >= 4 is 44.1 Å². The second kappa shape index (κ2) is 10.9. The van der Waals surface area contributed by atoms with E-state index < -0.39 is 10.0 Å². The van der Waals surface area contributed by atoms with Crippen LogP contribution in [0, 0.1) is 5.92 Å². The summed E-state index contributed by atoms with van der Waals surface area (Å²) in [4.78, 5) is 11.4. The summed E-state index contributed by atoms with van der Waals surface area (Å²) in [6.07, 6.45) is 0. The van der Waals surface area contributed by atoms with E-state index in [-0.39, 0.29) is 16.5 Å². The van der Waals surface area contributed by atoms with Gasteiger partial charge in [0, 0.05) is 37.5 Å². The lowest BCUT2D eigenvalue weighted by Crippen LogP contribution is -2.26. The molecule has 0 bridgehead atoms. The van der Waals surface area contributed by atoms with Crippen molar-refractivity contribution in [1.29, 1.82) is 0 Å². The highest BCUT2D eigenvalue weighted by molar-refractivity contribution is 7.92. The molecule has 9 nitrogen and oxygen atoms in total. The molecule has 0 saturated heterocycles. The Labute approximate surface area is 217 Å². The van der Waals surface area contributed by atoms with Gasteiger partial charge in [0.05, 0.1) is 30.9 Å². The lowest BCUT2D eigenvalue weighted by molar-refractivity contribution is 0.395. The standard InChI is InChI=1S/C27H31N5O4S/c1-18(2)17-32(3)24-12-8-9-13-25(24)37(33,34)31-27-26(29-22-10-6-7-11-23(22)30-27)28-19-14-20(35-4)16-21(15-19)36-5/h6-16,18H,17H2,1-5H3,(H,28,29)(H,30,31). The van der Waals surface area contributed by atoms with Gasteiger partial charge in [-0.05, 0) is 30.2 Å². The van der Waals surface area contributed by atoms with Crippen molar-refractivity contribution < 1.29 is 17.9 Å². The molecular formula is C27H31N5O4S. The molecule has 0 amide bonds. The van der Waals surface area contributed by atoms with E-state index in [9.17, 15) is 8.42 Å². The van der Waals surface area contributed by atoms with Crippen LogP contribution in [0.4, 0.5) is 23.0 Å². The van der Waals surface area contributed by atoms with Gasteiger partial charge in [0.2, 0.25) is 0 Å². The molecule has 194 valence electrons. The smallest absolute Gasteiger partial charge is 0.265 e. The molecule has 0 aliphatic carbocycles. The predicted octanol–water partition coefficient (Wildman–Crippen LogP) is 5.28. The number of sulfonamides is 1. The summed E-state index contributed by atoms with van der Waals surface area (Å²) in [7, 11) is 0.979. The van der Waals surface area contributed by atoms with Gasteiger partial charge in [-0.2, -0.15) is 0 Å². The Hall–Kier alpha value is -4.05. The average Bonchev–Trinajstić information content (AvgIpc) is 2.88. The van der Waals surface area contributed by atoms with E-state index >= 15 is 0 Å². The molecule has 37 heavy (non-hydrogen) atoms. The largest absolute Gasteiger partial charge is 0.497 e. The lowest BCUT2D eigenvalue weighted by atomic mass is 10.2. The molecule has 0 aliphatic heterocycles. The number of fused-ring (bicyclic) bond motifs is 1. The maximum atomic E-state index is 13.7. The van der Waals surface area contributed by atoms with E-state index in [0.717, 1.165) is 0 Å². The van der Waals surface area contributed by atoms with Crippen LogP contribution in [-0.4, -0.2) is 46.2 Å². The molecule has 1 heterocycles. The van der Waals surface area contributed by atoms with Crippen LogP contribution in [-0.2, 0) is 10.0 Å². The SMILES string of the molecule is COc1cc(Nc2nc3ccccc3nc2NS(=O)(=O)c2ccccc2N(C)CC(C)C)cc(OC)c1. The van der Waals surface area contributed by atoms with Gasteiger partial charge in [-0.1, -0.05) is 38.1 Å². The third-order valence-corrected chi connectivity index (χ3v) is 7.01. The van der Waals surface area contributed by atoms with E-state index in [2.05, 4.69) is 33.9 Å². The van der Waals surface area contributed by atoms with Crippen LogP contribution in [0.1, 0.15) is 13.8 Å². The van der Waals surface area contributed by atoms with E-state index in [0.29, 0.717) is 46.4 Å². The molecule has 0 radical (unpaired) electrons. The van der Waals surface area contributed by atoms with Crippen molar-refractivity contribution in [2.45, 2.75) is 18.7 Å². The summed E-state index contributed by atoms with van der Waals surface area (Å²) in [6.45, 7) is 4.87. The Kier molecular flexibility index (Phi) is 7.68. The fourth-order valence-electron chi connectivity index (χ4n) is 4.00. The van der Waals surface area contributed by atoms with Crippen LogP contribution < -0.4 is 24.4 Å². The minimum Gasteiger partial charge on any atom is -0.497 e. The summed E-state index contributed by atoms with van der Waals surface area (Å²) < 4.78 is 40.8. The van der Waals surface area contributed by atoms with Crippen molar-refractivity contribution in [3.63, 3.8) is 0 Å². The van der Waals surface area contributed by atoms with Crippen LogP contribution in [0.2, 0.25) is 0 Å². The molecule has 0 fully saturated rings. The molecular weight excluding hydrogens is 490 g/mol. The molecule has 0 aliphatic rings. The lowest BCUT2D eigenvalue weighted by Gasteiger charge is -2.24. The van der Waals surface area contributed by atoms with Crippen molar-refractivity contribution in [1.82, 2.24) is 9.97 Å². The van der Waals surface area contributed by atoms with Gasteiger partial charge < -0.3 is 19.7 Å². The van der Waals surface area contributed by atoms with Crippen molar-refractivity contribution in [2.24, 2.45) is 5.92 Å². The molecule has 4 aromatic rings. The van der Waals surface area contributed by atoms with Crippen LogP contribution >= 0.6 is 0 Å². The van der Waals surface area contributed by atoms with Crippen molar-refractivity contribution in [3.05, 3.63) is 66.7 Å². The quantitative estimate of drug-likeness (QED) is 0.290. The zero-order chi connectivity index (χ0) is 26.6. The second-order valence-corrected chi connectivity index (χ2v) is 10.6. The number of anilines is 4. The van der Waals surface area contributed by atoms with Gasteiger partial charge in [-0.3, -0.25) is 4.72 Å². The van der Waals surface area contributed by atoms with Gasteiger partial charge in [0.25, 0.3) is 10.0 Å². The highest BCUT2D eigenvalue weighted by Crippen LogP contribution is 2.33. The molecule has 0 atom stereocenters. The van der Waals surface area contributed by atoms with E-state index in [4.69, 9.17) is 9.47 Å². The van der Waals surface area contributed by atoms with Crippen LogP contribution in [0.25, 0.3) is 11.0 Å². The molecule has 3 aromatic carbocycles. The third-order valence-electron chi connectivity index (χ3n) is 5.62. The number of nitrogens with one attached hydrogen (secondary N) is 2. The number of aromatic nitrogens is 2. The third kappa shape index (κ3) is 6.03. The number of hydrogen-bond acceptors (Lipinski definition) is 8. The van der Waals surface area contributed by atoms with Crippen LogP contribution in [0.3, 0.4) is 0 Å². The summed E-state index contributed by atoms with van der Waals surface area (Å²) in [6, 6.07) is 19.4. The van der Waals surface area contributed by atoms with Gasteiger partial charge in [-0.25, -0.2) is 18.4 Å². The summed E-state index contributed by atoms with van der Waals surface area (Å²) >= 11 is 0. The molecule has 1 aromatic heterocycles. The number of ether oxygens (including phenoxy) is 2. The normalized spacial score (nSPS) is 11.4.